The normalized spacial score (nSPS) is 37.0. The Kier molecular flexibility index (Phi) is 4.36. The summed E-state index contributed by atoms with van der Waals surface area (Å²) in [6.07, 6.45) is -0.682. The van der Waals surface area contributed by atoms with Crippen LogP contribution in [-0.2, 0) is 16.7 Å². The van der Waals surface area contributed by atoms with Gasteiger partial charge >= 0.3 is 6.36 Å². The number of alkyl halides is 3. The second kappa shape index (κ2) is 6.72. The number of nitrogens with one attached hydrogen (secondary N) is 1. The standard InChI is InChI=1S/C25H28F3N3O2/c1-31-14-23-13-19(32-2)8-9-22(23)12-17-7-6-16(11-20(17)24(22,23)30-21(31)29)15-4-3-5-18(10-15)33-25(26,27)28/h3-7,10-11,19,21,30H,8-9,12-14,29H2,1-2H3. The Morgan fingerprint density at radius 1 is 1.12 bits per heavy atom. The molecule has 5 nitrogen and oxygen atoms in total. The second-order valence-electron chi connectivity index (χ2n) is 10.1. The van der Waals surface area contributed by atoms with Gasteiger partial charge in [-0.2, -0.15) is 0 Å². The van der Waals surface area contributed by atoms with Crippen LogP contribution in [0.1, 0.15) is 30.4 Å². The largest absolute Gasteiger partial charge is 0.573 e. The number of nitrogens with zero attached hydrogens (tertiary/aromatic N) is 1. The van der Waals surface area contributed by atoms with E-state index < -0.39 is 6.36 Å². The molecule has 1 saturated heterocycles. The summed E-state index contributed by atoms with van der Waals surface area (Å²) in [5.74, 6) is -0.214. The van der Waals surface area contributed by atoms with Crippen molar-refractivity contribution in [3.8, 4) is 16.9 Å². The number of rotatable bonds is 3. The maximum atomic E-state index is 12.7. The Bertz CT molecular complexity index is 1120. The molecule has 4 aliphatic rings. The number of ether oxygens (including phenoxy) is 2. The van der Waals surface area contributed by atoms with Crippen LogP contribution in [0.25, 0.3) is 11.1 Å². The van der Waals surface area contributed by atoms with Crippen molar-refractivity contribution in [1.29, 1.82) is 0 Å². The first kappa shape index (κ1) is 21.4. The molecular weight excluding hydrogens is 431 g/mol. The Morgan fingerprint density at radius 3 is 2.67 bits per heavy atom. The molecule has 0 bridgehead atoms. The van der Waals surface area contributed by atoms with Gasteiger partial charge in [0, 0.05) is 24.5 Å². The highest BCUT2D eigenvalue weighted by molar-refractivity contribution is 5.70. The van der Waals surface area contributed by atoms with Crippen LogP contribution in [0, 0.1) is 10.8 Å². The maximum absolute atomic E-state index is 12.7. The first-order valence-electron chi connectivity index (χ1n) is 11.4. The van der Waals surface area contributed by atoms with Crippen LogP contribution in [0.2, 0.25) is 0 Å². The summed E-state index contributed by atoms with van der Waals surface area (Å²) in [6.45, 7) is 0.902. The van der Waals surface area contributed by atoms with Gasteiger partial charge < -0.3 is 15.2 Å². The zero-order valence-electron chi connectivity index (χ0n) is 18.7. The molecule has 2 aromatic rings. The molecule has 2 aromatic carbocycles. The van der Waals surface area contributed by atoms with E-state index in [0.29, 0.717) is 5.56 Å². The molecule has 2 saturated carbocycles. The summed E-state index contributed by atoms with van der Waals surface area (Å²) >= 11 is 0. The van der Waals surface area contributed by atoms with Crippen molar-refractivity contribution in [3.05, 3.63) is 53.6 Å². The summed E-state index contributed by atoms with van der Waals surface area (Å²) < 4.78 is 48.2. The summed E-state index contributed by atoms with van der Waals surface area (Å²) in [6, 6.07) is 12.5. The van der Waals surface area contributed by atoms with E-state index >= 15 is 0 Å². The topological polar surface area (TPSA) is 59.8 Å². The quantitative estimate of drug-likeness (QED) is 0.728. The highest BCUT2D eigenvalue weighted by Crippen LogP contribution is 2.87. The van der Waals surface area contributed by atoms with Crippen LogP contribution < -0.4 is 15.8 Å². The molecular formula is C25H28F3N3O2. The Labute approximate surface area is 191 Å². The number of hydrogen-bond donors (Lipinski definition) is 2. The van der Waals surface area contributed by atoms with Gasteiger partial charge in [0.15, 0.2) is 0 Å². The van der Waals surface area contributed by atoms with E-state index in [2.05, 4.69) is 34.1 Å². The van der Waals surface area contributed by atoms with Gasteiger partial charge in [0.25, 0.3) is 0 Å². The molecule has 1 aliphatic heterocycles. The lowest BCUT2D eigenvalue weighted by Gasteiger charge is -2.44. The minimum Gasteiger partial charge on any atom is -0.406 e. The van der Waals surface area contributed by atoms with Crippen LogP contribution in [0.4, 0.5) is 13.2 Å². The van der Waals surface area contributed by atoms with Crippen molar-refractivity contribution in [2.45, 2.75) is 50.0 Å². The molecule has 33 heavy (non-hydrogen) atoms. The molecule has 5 atom stereocenters. The van der Waals surface area contributed by atoms with E-state index in [-0.39, 0.29) is 34.5 Å². The summed E-state index contributed by atoms with van der Waals surface area (Å²) in [5, 5.41) is 3.80. The molecule has 0 aromatic heterocycles. The Balaban J connectivity index is 1.43. The van der Waals surface area contributed by atoms with E-state index in [0.717, 1.165) is 37.8 Å². The van der Waals surface area contributed by atoms with Gasteiger partial charge in [0.2, 0.25) is 0 Å². The number of halogens is 3. The van der Waals surface area contributed by atoms with E-state index in [1.54, 1.807) is 13.2 Å². The Hall–Kier alpha value is -2.13. The number of benzene rings is 2. The third-order valence-electron chi connectivity index (χ3n) is 8.86. The molecule has 8 heteroatoms. The second-order valence-corrected chi connectivity index (χ2v) is 10.1. The summed E-state index contributed by atoms with van der Waals surface area (Å²) in [4.78, 5) is 2.19. The van der Waals surface area contributed by atoms with Gasteiger partial charge in [-0.15, -0.1) is 13.2 Å². The molecule has 176 valence electrons. The zero-order chi connectivity index (χ0) is 23.2. The van der Waals surface area contributed by atoms with Crippen LogP contribution in [-0.4, -0.2) is 44.4 Å². The first-order valence-corrected chi connectivity index (χ1v) is 11.4. The number of methoxy groups -OCH3 is 1. The molecule has 0 amide bonds. The average molecular weight is 460 g/mol. The smallest absolute Gasteiger partial charge is 0.406 e. The van der Waals surface area contributed by atoms with Gasteiger partial charge in [0.1, 0.15) is 12.0 Å². The Morgan fingerprint density at radius 2 is 1.91 bits per heavy atom. The van der Waals surface area contributed by atoms with Gasteiger partial charge in [-0.05, 0) is 73.2 Å². The molecule has 3 fully saturated rings. The van der Waals surface area contributed by atoms with Crippen LogP contribution in [0.3, 0.4) is 0 Å². The number of hydrogen-bond acceptors (Lipinski definition) is 5. The summed E-state index contributed by atoms with van der Waals surface area (Å²) in [5.41, 5.74) is 10.5. The third-order valence-corrected chi connectivity index (χ3v) is 8.86. The van der Waals surface area contributed by atoms with Crippen molar-refractivity contribution in [2.75, 3.05) is 20.7 Å². The fourth-order valence-corrected chi connectivity index (χ4v) is 7.62. The average Bonchev–Trinajstić information content (AvgIpc) is 3.13. The van der Waals surface area contributed by atoms with Crippen LogP contribution >= 0.6 is 0 Å². The molecule has 5 unspecified atom stereocenters. The fourth-order valence-electron chi connectivity index (χ4n) is 7.62. The molecule has 3 N–H and O–H groups in total. The zero-order valence-corrected chi connectivity index (χ0v) is 18.7. The monoisotopic (exact) mass is 459 g/mol. The fraction of sp³-hybridized carbons (Fsp3) is 0.520. The van der Waals surface area contributed by atoms with E-state index in [1.165, 1.54) is 23.3 Å². The first-order chi connectivity index (χ1) is 15.6. The van der Waals surface area contributed by atoms with Gasteiger partial charge in [-0.3, -0.25) is 10.2 Å². The van der Waals surface area contributed by atoms with Crippen molar-refractivity contribution in [3.63, 3.8) is 0 Å². The summed E-state index contributed by atoms with van der Waals surface area (Å²) in [7, 11) is 3.85. The highest BCUT2D eigenvalue weighted by atomic mass is 19.4. The maximum Gasteiger partial charge on any atom is 0.573 e. The van der Waals surface area contributed by atoms with Crippen molar-refractivity contribution < 1.29 is 22.6 Å². The number of nitrogens with two attached hydrogens (primary N) is 1. The molecule has 6 rings (SSSR count). The van der Waals surface area contributed by atoms with Gasteiger partial charge in [-0.1, -0.05) is 24.3 Å². The van der Waals surface area contributed by atoms with E-state index in [9.17, 15) is 13.2 Å². The van der Waals surface area contributed by atoms with E-state index in [1.807, 2.05) is 12.1 Å². The lowest BCUT2D eigenvalue weighted by atomic mass is 9.73. The van der Waals surface area contributed by atoms with Crippen molar-refractivity contribution in [2.24, 2.45) is 16.6 Å². The predicted octanol–water partition coefficient (Wildman–Crippen LogP) is 3.97. The SMILES string of the molecule is COC1CCC23Cc4ccc(-c5cccc(OC(F)(F)F)c5)cc4C24NC(N)N(C)CC34C1. The van der Waals surface area contributed by atoms with Gasteiger partial charge in [-0.25, -0.2) is 0 Å². The lowest BCUT2D eigenvalue weighted by molar-refractivity contribution is -0.274. The van der Waals surface area contributed by atoms with Crippen molar-refractivity contribution >= 4 is 0 Å². The molecule has 3 spiro atoms. The lowest BCUT2D eigenvalue weighted by Crippen LogP contribution is -2.62. The van der Waals surface area contributed by atoms with Crippen LogP contribution in [0.15, 0.2) is 42.5 Å². The van der Waals surface area contributed by atoms with Crippen molar-refractivity contribution in [1.82, 2.24) is 10.2 Å². The highest BCUT2D eigenvalue weighted by Gasteiger charge is 2.91. The van der Waals surface area contributed by atoms with E-state index in [4.69, 9.17) is 10.5 Å². The molecule has 0 radical (unpaired) electrons. The molecule has 1 heterocycles. The van der Waals surface area contributed by atoms with Crippen LogP contribution in [0.5, 0.6) is 5.75 Å². The minimum atomic E-state index is -4.72. The third kappa shape index (κ3) is 2.69. The number of fused-ring (bicyclic) bond motifs is 1. The van der Waals surface area contributed by atoms with Gasteiger partial charge in [0.05, 0.1) is 11.6 Å². The molecule has 3 aliphatic carbocycles. The predicted molar refractivity (Wildman–Crippen MR) is 117 cm³/mol. The minimum absolute atomic E-state index is 0.0381.